The van der Waals surface area contributed by atoms with Crippen LogP contribution in [-0.2, 0) is 50.7 Å². The third-order valence-corrected chi connectivity index (χ3v) is 12.5. The molecule has 1 fully saturated rings. The number of fused-ring (bicyclic) bond motifs is 1. The summed E-state index contributed by atoms with van der Waals surface area (Å²) in [7, 11) is -16.4. The number of allylic oxidation sites excluding steroid dienone is 1. The SMILES string of the molecule is CC/C=C/CC(O)CCCC(=O)SCCNC(=O)CCNC(=O)C(O)C(C)(C)COP(=O)(O)OP(=O)(O)OCC1OC(n2cnc3c(N)ncnc32)C(O)C1OP(=O)(O)O. The van der Waals surface area contributed by atoms with Crippen molar-refractivity contribution in [2.24, 2.45) is 5.41 Å². The number of thioether (sulfide) groups is 1. The quantitative estimate of drug-likeness (QED) is 0.0350. The third-order valence-electron chi connectivity index (χ3n) is 8.49. The summed E-state index contributed by atoms with van der Waals surface area (Å²) in [5.41, 5.74) is 4.25. The number of phosphoric acid groups is 3. The molecule has 3 heterocycles. The van der Waals surface area contributed by atoms with Gasteiger partial charge in [0, 0.05) is 37.1 Å². The van der Waals surface area contributed by atoms with Crippen LogP contribution in [0.3, 0.4) is 0 Å². The van der Waals surface area contributed by atoms with Crippen molar-refractivity contribution in [3.05, 3.63) is 24.8 Å². The molecule has 0 aliphatic carbocycles. The van der Waals surface area contributed by atoms with Crippen molar-refractivity contribution < 1.29 is 85.6 Å². The van der Waals surface area contributed by atoms with Gasteiger partial charge in [0.1, 0.15) is 36.3 Å². The van der Waals surface area contributed by atoms with E-state index in [1.54, 1.807) is 0 Å². The Bertz CT molecular complexity index is 1940. The molecule has 2 amide bonds. The fourth-order valence-electron chi connectivity index (χ4n) is 5.39. The average Bonchev–Trinajstić information content (AvgIpc) is 3.71. The molecule has 1 aliphatic heterocycles. The molecular weight excluding hydrogens is 883 g/mol. The van der Waals surface area contributed by atoms with Crippen LogP contribution in [0, 0.1) is 5.41 Å². The van der Waals surface area contributed by atoms with Crippen LogP contribution in [0.2, 0.25) is 0 Å². The van der Waals surface area contributed by atoms with E-state index in [0.29, 0.717) is 25.0 Å². The number of hydrogen-bond donors (Lipinski definition) is 10. The molecular formula is C31H52N7O18P3S. The van der Waals surface area contributed by atoms with Crippen molar-refractivity contribution in [3.63, 3.8) is 0 Å². The van der Waals surface area contributed by atoms with Crippen LogP contribution in [0.15, 0.2) is 24.8 Å². The number of imidazole rings is 1. The van der Waals surface area contributed by atoms with Crippen molar-refractivity contribution >= 4 is 69.1 Å². The van der Waals surface area contributed by atoms with E-state index in [0.717, 1.165) is 35.4 Å². The maximum Gasteiger partial charge on any atom is 0.481 e. The molecule has 0 spiro atoms. The minimum absolute atomic E-state index is 0.0269. The molecule has 0 aromatic carbocycles. The molecule has 60 heavy (non-hydrogen) atoms. The number of phosphoric ester groups is 3. The third kappa shape index (κ3) is 16.9. The van der Waals surface area contributed by atoms with Crippen molar-refractivity contribution in [2.45, 2.75) is 96.0 Å². The van der Waals surface area contributed by atoms with E-state index in [2.05, 4.69) is 34.4 Å². The van der Waals surface area contributed by atoms with Crippen LogP contribution in [0.25, 0.3) is 11.2 Å². The first-order valence-corrected chi connectivity index (χ1v) is 23.8. The Morgan fingerprint density at radius 3 is 2.42 bits per heavy atom. The zero-order valence-electron chi connectivity index (χ0n) is 32.8. The smallest absolute Gasteiger partial charge is 0.393 e. The zero-order valence-corrected chi connectivity index (χ0v) is 36.3. The minimum Gasteiger partial charge on any atom is -0.393 e. The summed E-state index contributed by atoms with van der Waals surface area (Å²) in [6, 6.07) is 0. The molecule has 8 unspecified atom stereocenters. The number of nitrogens with zero attached hydrogens (tertiary/aromatic N) is 4. The summed E-state index contributed by atoms with van der Waals surface area (Å²) in [6.07, 6.45) is -0.872. The molecule has 29 heteroatoms. The second kappa shape index (κ2) is 23.1. The summed E-state index contributed by atoms with van der Waals surface area (Å²) in [5.74, 6) is -1.17. The van der Waals surface area contributed by atoms with Crippen LogP contribution >= 0.6 is 35.2 Å². The van der Waals surface area contributed by atoms with Gasteiger partial charge in [-0.25, -0.2) is 28.6 Å². The first-order valence-electron chi connectivity index (χ1n) is 18.3. The number of aliphatic hydroxyl groups is 3. The molecule has 340 valence electrons. The number of nitrogens with one attached hydrogen (secondary N) is 2. The number of nitrogens with two attached hydrogens (primary N) is 1. The average molecular weight is 936 g/mol. The lowest BCUT2D eigenvalue weighted by atomic mass is 9.87. The van der Waals surface area contributed by atoms with Gasteiger partial charge < -0.3 is 56.0 Å². The molecule has 11 N–H and O–H groups in total. The minimum atomic E-state index is -5.58. The highest BCUT2D eigenvalue weighted by atomic mass is 32.2. The Morgan fingerprint density at radius 2 is 1.73 bits per heavy atom. The Balaban J connectivity index is 1.42. The van der Waals surface area contributed by atoms with E-state index in [1.807, 2.05) is 19.1 Å². The van der Waals surface area contributed by atoms with E-state index in [1.165, 1.54) is 13.8 Å². The summed E-state index contributed by atoms with van der Waals surface area (Å²) in [4.78, 5) is 87.8. The van der Waals surface area contributed by atoms with Gasteiger partial charge in [0.2, 0.25) is 11.8 Å². The van der Waals surface area contributed by atoms with Crippen molar-refractivity contribution in [2.75, 3.05) is 37.8 Å². The van der Waals surface area contributed by atoms with Gasteiger partial charge in [-0.2, -0.15) is 4.31 Å². The highest BCUT2D eigenvalue weighted by Gasteiger charge is 2.50. The van der Waals surface area contributed by atoms with Crippen molar-refractivity contribution in [1.82, 2.24) is 30.2 Å². The standard InChI is InChI=1S/C31H52N7O18P3S/c1-4-5-6-8-19(39)9-7-10-22(41)60-14-13-33-21(40)11-12-34-29(44)26(43)31(2,3)16-53-59(50,51)56-58(48,49)52-15-20-25(55-57(45,46)47)24(42)30(54-20)38-18-37-23-27(32)35-17-36-28(23)38/h5-6,17-20,24-26,30,39,42-43H,4,7-16H2,1-3H3,(H,33,40)(H,34,44)(H,48,49)(H,50,51)(H2,32,35,36)(H2,45,46,47)/b6-5+. The van der Waals surface area contributed by atoms with E-state index in [9.17, 15) is 63.0 Å². The lowest BCUT2D eigenvalue weighted by Gasteiger charge is -2.30. The molecule has 2 aromatic rings. The van der Waals surface area contributed by atoms with Gasteiger partial charge >= 0.3 is 23.5 Å². The molecule has 8 atom stereocenters. The zero-order chi connectivity index (χ0) is 44.9. The summed E-state index contributed by atoms with van der Waals surface area (Å²) in [5, 5.41) is 36.2. The molecule has 0 bridgehead atoms. The lowest BCUT2D eigenvalue weighted by molar-refractivity contribution is -0.137. The van der Waals surface area contributed by atoms with E-state index in [4.69, 9.17) is 19.5 Å². The second-order valence-corrected chi connectivity index (χ2v) is 19.3. The van der Waals surface area contributed by atoms with E-state index < -0.39 is 90.7 Å². The molecule has 0 radical (unpaired) electrons. The van der Waals surface area contributed by atoms with Gasteiger partial charge in [-0.05, 0) is 25.7 Å². The number of ether oxygens (including phenoxy) is 1. The van der Waals surface area contributed by atoms with Gasteiger partial charge in [0.05, 0.1) is 25.6 Å². The fourth-order valence-corrected chi connectivity index (χ4v) is 8.94. The molecule has 1 saturated heterocycles. The fraction of sp³-hybridized carbons (Fsp3) is 0.677. The maximum atomic E-state index is 12.7. The van der Waals surface area contributed by atoms with Gasteiger partial charge in [0.25, 0.3) is 0 Å². The Labute approximate surface area is 348 Å². The number of aromatic nitrogens is 4. The molecule has 0 saturated carbocycles. The van der Waals surface area contributed by atoms with Crippen LogP contribution in [0.1, 0.15) is 65.5 Å². The summed E-state index contributed by atoms with van der Waals surface area (Å²) >= 11 is 1.05. The number of nitrogen functional groups attached to an aromatic ring is 1. The van der Waals surface area contributed by atoms with Crippen molar-refractivity contribution in [1.29, 1.82) is 0 Å². The molecule has 3 rings (SSSR count). The number of rotatable bonds is 26. The largest absolute Gasteiger partial charge is 0.481 e. The molecule has 25 nitrogen and oxygen atoms in total. The summed E-state index contributed by atoms with van der Waals surface area (Å²) < 4.78 is 62.2. The normalized spacial score (nSPS) is 21.7. The van der Waals surface area contributed by atoms with Gasteiger partial charge in [-0.1, -0.05) is 44.7 Å². The number of carbonyl (C=O) groups is 3. The van der Waals surface area contributed by atoms with Crippen molar-refractivity contribution in [3.8, 4) is 0 Å². The van der Waals surface area contributed by atoms with Gasteiger partial charge in [-0.15, -0.1) is 0 Å². The number of aliphatic hydroxyl groups excluding tert-OH is 3. The maximum absolute atomic E-state index is 12.7. The predicted molar refractivity (Wildman–Crippen MR) is 211 cm³/mol. The predicted octanol–water partition coefficient (Wildman–Crippen LogP) is 0.552. The Hall–Kier alpha value is -2.74. The Morgan fingerprint density at radius 1 is 1.03 bits per heavy atom. The number of amides is 2. The summed E-state index contributed by atoms with van der Waals surface area (Å²) in [6.45, 7) is 2.42. The highest BCUT2D eigenvalue weighted by Crippen LogP contribution is 2.61. The first-order chi connectivity index (χ1) is 27.9. The second-order valence-electron chi connectivity index (χ2n) is 14.0. The molecule has 2 aromatic heterocycles. The van der Waals surface area contributed by atoms with Gasteiger partial charge in [-0.3, -0.25) is 32.5 Å². The first kappa shape index (κ1) is 51.6. The van der Waals surface area contributed by atoms with Crippen LogP contribution in [-0.4, -0.2) is 134 Å². The number of anilines is 1. The monoisotopic (exact) mass is 935 g/mol. The highest BCUT2D eigenvalue weighted by molar-refractivity contribution is 8.13. The molecule has 1 aliphatic rings. The lowest BCUT2D eigenvalue weighted by Crippen LogP contribution is -2.46. The number of carbonyl (C=O) groups excluding carboxylic acids is 3. The van der Waals surface area contributed by atoms with Crippen LogP contribution in [0.4, 0.5) is 5.82 Å². The van der Waals surface area contributed by atoms with Gasteiger partial charge in [0.15, 0.2) is 22.8 Å². The van der Waals surface area contributed by atoms with Crippen LogP contribution in [0.5, 0.6) is 0 Å². The topological polar surface area (TPSA) is 384 Å². The van der Waals surface area contributed by atoms with E-state index in [-0.39, 0.29) is 48.0 Å². The van der Waals surface area contributed by atoms with Crippen LogP contribution < -0.4 is 16.4 Å². The Kier molecular flexibility index (Phi) is 19.9. The number of hydrogen-bond acceptors (Lipinski definition) is 19. The van der Waals surface area contributed by atoms with E-state index >= 15 is 0 Å².